The Labute approximate surface area is 114 Å². The molecule has 0 aromatic heterocycles. The van der Waals surface area contributed by atoms with Gasteiger partial charge in [0, 0.05) is 0 Å². The molecule has 0 aliphatic heterocycles. The Bertz CT molecular complexity index is 712. The van der Waals surface area contributed by atoms with Crippen molar-refractivity contribution >= 4 is 10.1 Å². The fourth-order valence-corrected chi connectivity index (χ4v) is 2.41. The van der Waals surface area contributed by atoms with E-state index in [-0.39, 0.29) is 16.4 Å². The van der Waals surface area contributed by atoms with Crippen LogP contribution >= 0.6 is 0 Å². The van der Waals surface area contributed by atoms with E-state index in [0.717, 1.165) is 36.4 Å². The van der Waals surface area contributed by atoms with Crippen molar-refractivity contribution in [3.63, 3.8) is 0 Å². The summed E-state index contributed by atoms with van der Waals surface area (Å²) in [5, 5.41) is 0. The van der Waals surface area contributed by atoms with Gasteiger partial charge >= 0.3 is 10.1 Å². The number of hydrogen-bond acceptors (Lipinski definition) is 4. The van der Waals surface area contributed by atoms with Gasteiger partial charge in [0.2, 0.25) is 0 Å². The highest BCUT2D eigenvalue weighted by atomic mass is 32.2. The Hall–Kier alpha value is -2.15. The Kier molecular flexibility index (Phi) is 3.89. The van der Waals surface area contributed by atoms with E-state index in [4.69, 9.17) is 8.92 Å². The Morgan fingerprint density at radius 3 is 2.20 bits per heavy atom. The summed E-state index contributed by atoms with van der Waals surface area (Å²) >= 11 is 0. The molecule has 7 heteroatoms. The first-order valence-corrected chi connectivity index (χ1v) is 6.87. The van der Waals surface area contributed by atoms with Crippen molar-refractivity contribution in [2.75, 3.05) is 7.11 Å². The zero-order chi connectivity index (χ0) is 14.8. The van der Waals surface area contributed by atoms with Crippen LogP contribution in [0.25, 0.3) is 0 Å². The summed E-state index contributed by atoms with van der Waals surface area (Å²) < 4.78 is 59.5. The fourth-order valence-electron chi connectivity index (χ4n) is 1.47. The molecule has 2 rings (SSSR count). The van der Waals surface area contributed by atoms with Crippen molar-refractivity contribution in [2.24, 2.45) is 0 Å². The first kappa shape index (κ1) is 14.3. The smallest absolute Gasteiger partial charge is 0.339 e. The fraction of sp³-hybridized carbons (Fsp3) is 0.0769. The molecule has 0 heterocycles. The summed E-state index contributed by atoms with van der Waals surface area (Å²) in [6.45, 7) is 0. The van der Waals surface area contributed by atoms with Crippen molar-refractivity contribution in [1.82, 2.24) is 0 Å². The molecule has 0 saturated carbocycles. The predicted octanol–water partition coefficient (Wildman–Crippen LogP) is 2.74. The molecule has 0 spiro atoms. The van der Waals surface area contributed by atoms with Gasteiger partial charge in [-0.1, -0.05) is 0 Å². The molecule has 0 N–H and O–H groups in total. The van der Waals surface area contributed by atoms with Gasteiger partial charge in [-0.3, -0.25) is 0 Å². The summed E-state index contributed by atoms with van der Waals surface area (Å²) in [7, 11) is -2.93. The van der Waals surface area contributed by atoms with Gasteiger partial charge in [0.1, 0.15) is 16.5 Å². The zero-order valence-electron chi connectivity index (χ0n) is 10.3. The van der Waals surface area contributed by atoms with Gasteiger partial charge in [-0.25, -0.2) is 8.78 Å². The molecule has 0 aliphatic rings. The largest absolute Gasteiger partial charge is 0.494 e. The second kappa shape index (κ2) is 5.46. The second-order valence-electron chi connectivity index (χ2n) is 3.79. The molecule has 0 bridgehead atoms. The molecule has 2 aromatic carbocycles. The lowest BCUT2D eigenvalue weighted by molar-refractivity contribution is 0.385. The normalized spacial score (nSPS) is 11.2. The van der Waals surface area contributed by atoms with Crippen LogP contribution in [-0.4, -0.2) is 15.5 Å². The molecule has 20 heavy (non-hydrogen) atoms. The Morgan fingerprint density at radius 2 is 1.65 bits per heavy atom. The minimum absolute atomic E-state index is 0.0670. The third-order valence-electron chi connectivity index (χ3n) is 2.43. The van der Waals surface area contributed by atoms with Crippen LogP contribution in [0.5, 0.6) is 11.5 Å². The molecule has 2 aromatic rings. The Morgan fingerprint density at radius 1 is 1.00 bits per heavy atom. The van der Waals surface area contributed by atoms with E-state index >= 15 is 0 Å². The molecule has 0 unspecified atom stereocenters. The van der Waals surface area contributed by atoms with Gasteiger partial charge in [0.05, 0.1) is 7.11 Å². The Balaban J connectivity index is 2.30. The molecule has 0 atom stereocenters. The molecule has 0 aliphatic carbocycles. The van der Waals surface area contributed by atoms with Gasteiger partial charge in [-0.15, -0.1) is 0 Å². The van der Waals surface area contributed by atoms with Crippen molar-refractivity contribution in [3.05, 3.63) is 54.1 Å². The van der Waals surface area contributed by atoms with Crippen LogP contribution < -0.4 is 8.92 Å². The molecule has 0 radical (unpaired) electrons. The topological polar surface area (TPSA) is 52.6 Å². The summed E-state index contributed by atoms with van der Waals surface area (Å²) in [6, 6.07) is 7.55. The van der Waals surface area contributed by atoms with Crippen LogP contribution in [0.2, 0.25) is 0 Å². The molecule has 4 nitrogen and oxygen atoms in total. The molecular formula is C13H10F2O4S. The lowest BCUT2D eigenvalue weighted by atomic mass is 10.3. The van der Waals surface area contributed by atoms with E-state index in [1.165, 1.54) is 13.2 Å². The lowest BCUT2D eigenvalue weighted by Crippen LogP contribution is -2.10. The quantitative estimate of drug-likeness (QED) is 0.815. The minimum atomic E-state index is -4.19. The van der Waals surface area contributed by atoms with Gasteiger partial charge in [-0.2, -0.15) is 8.42 Å². The number of rotatable bonds is 4. The highest BCUT2D eigenvalue weighted by Gasteiger charge is 2.19. The highest BCUT2D eigenvalue weighted by molar-refractivity contribution is 7.87. The van der Waals surface area contributed by atoms with Crippen molar-refractivity contribution in [1.29, 1.82) is 0 Å². The van der Waals surface area contributed by atoms with Crippen LogP contribution in [0.15, 0.2) is 47.4 Å². The summed E-state index contributed by atoms with van der Waals surface area (Å²) in [4.78, 5) is -0.361. The van der Waals surface area contributed by atoms with Gasteiger partial charge < -0.3 is 8.92 Å². The van der Waals surface area contributed by atoms with Crippen LogP contribution in [0.3, 0.4) is 0 Å². The summed E-state index contributed by atoms with van der Waals surface area (Å²) in [5.74, 6) is -1.49. The average molecular weight is 300 g/mol. The predicted molar refractivity (Wildman–Crippen MR) is 67.2 cm³/mol. The number of halogens is 2. The minimum Gasteiger partial charge on any atom is -0.494 e. The van der Waals surface area contributed by atoms with Gasteiger partial charge in [0.25, 0.3) is 0 Å². The van der Waals surface area contributed by atoms with E-state index in [2.05, 4.69) is 0 Å². The van der Waals surface area contributed by atoms with Crippen LogP contribution in [-0.2, 0) is 10.1 Å². The first-order chi connectivity index (χ1) is 9.42. The monoisotopic (exact) mass is 300 g/mol. The zero-order valence-corrected chi connectivity index (χ0v) is 11.2. The SMILES string of the molecule is COc1ccc(S(=O)(=O)Oc2ccc(F)cc2)cc1F. The first-order valence-electron chi connectivity index (χ1n) is 5.46. The van der Waals surface area contributed by atoms with E-state index in [1.54, 1.807) is 0 Å². The van der Waals surface area contributed by atoms with E-state index in [9.17, 15) is 17.2 Å². The second-order valence-corrected chi connectivity index (χ2v) is 5.33. The van der Waals surface area contributed by atoms with E-state index < -0.39 is 21.8 Å². The number of ether oxygens (including phenoxy) is 1. The third kappa shape index (κ3) is 3.05. The third-order valence-corrected chi connectivity index (χ3v) is 3.67. The molecule has 0 amide bonds. The highest BCUT2D eigenvalue weighted by Crippen LogP contribution is 2.23. The number of methoxy groups -OCH3 is 1. The maximum Gasteiger partial charge on any atom is 0.339 e. The van der Waals surface area contributed by atoms with Gasteiger partial charge in [0.15, 0.2) is 11.6 Å². The molecule has 106 valence electrons. The van der Waals surface area contributed by atoms with Crippen molar-refractivity contribution in [2.45, 2.75) is 4.90 Å². The van der Waals surface area contributed by atoms with E-state index in [0.29, 0.717) is 0 Å². The molecular weight excluding hydrogens is 290 g/mol. The summed E-state index contributed by atoms with van der Waals surface area (Å²) in [6.07, 6.45) is 0. The van der Waals surface area contributed by atoms with Crippen LogP contribution in [0, 0.1) is 11.6 Å². The van der Waals surface area contributed by atoms with Crippen LogP contribution in [0.4, 0.5) is 8.78 Å². The standard InChI is InChI=1S/C13H10F2O4S/c1-18-13-7-6-11(8-12(13)15)20(16,17)19-10-4-2-9(14)3-5-10/h2-8H,1H3. The van der Waals surface area contributed by atoms with E-state index in [1.807, 2.05) is 0 Å². The van der Waals surface area contributed by atoms with Gasteiger partial charge in [-0.05, 0) is 42.5 Å². The maximum absolute atomic E-state index is 13.5. The number of benzene rings is 2. The average Bonchev–Trinajstić information content (AvgIpc) is 2.41. The lowest BCUT2D eigenvalue weighted by Gasteiger charge is -2.08. The molecule has 0 fully saturated rings. The van der Waals surface area contributed by atoms with Crippen LogP contribution in [0.1, 0.15) is 0 Å². The molecule has 0 saturated heterocycles. The summed E-state index contributed by atoms with van der Waals surface area (Å²) in [5.41, 5.74) is 0. The van der Waals surface area contributed by atoms with Crippen molar-refractivity contribution < 1.29 is 26.1 Å². The maximum atomic E-state index is 13.5. The van der Waals surface area contributed by atoms with Crippen molar-refractivity contribution in [3.8, 4) is 11.5 Å². The number of hydrogen-bond donors (Lipinski definition) is 0.